The fourth-order valence-corrected chi connectivity index (χ4v) is 7.52. The molecule has 8 nitrogen and oxygen atoms in total. The SMILES string of the molecule is Oc1ccccc1C1NC1C(C1NC1c1ccccc1O)(C1NC1c1ccccc1O)C1NC1c1ccccc1O. The fourth-order valence-electron chi connectivity index (χ4n) is 7.52. The Hall–Kier alpha value is -4.08. The molecular weight excluding hydrogens is 516 g/mol. The van der Waals surface area contributed by atoms with E-state index in [1.807, 2.05) is 72.8 Å². The lowest BCUT2D eigenvalue weighted by molar-refractivity contribution is 0.236. The summed E-state index contributed by atoms with van der Waals surface area (Å²) >= 11 is 0. The summed E-state index contributed by atoms with van der Waals surface area (Å²) in [5.74, 6) is 1.02. The zero-order valence-electron chi connectivity index (χ0n) is 22.1. The number of nitrogens with one attached hydrogen (secondary N) is 4. The molecule has 8 unspecified atom stereocenters. The van der Waals surface area contributed by atoms with Gasteiger partial charge < -0.3 is 41.7 Å². The molecule has 0 radical (unpaired) electrons. The van der Waals surface area contributed by atoms with Crippen molar-refractivity contribution in [1.82, 2.24) is 21.3 Å². The minimum absolute atomic E-state index is 0.0362. The van der Waals surface area contributed by atoms with Gasteiger partial charge in [-0.25, -0.2) is 0 Å². The van der Waals surface area contributed by atoms with Gasteiger partial charge in [0.05, 0.1) is 24.2 Å². The summed E-state index contributed by atoms with van der Waals surface area (Å²) in [4.78, 5) is 0. The fraction of sp³-hybridized carbons (Fsp3) is 0.273. The lowest BCUT2D eigenvalue weighted by atomic mass is 9.67. The van der Waals surface area contributed by atoms with Crippen LogP contribution in [0.5, 0.6) is 23.0 Å². The first-order valence-electron chi connectivity index (χ1n) is 14.2. The third-order valence-corrected chi connectivity index (χ3v) is 9.58. The second-order valence-electron chi connectivity index (χ2n) is 11.7. The summed E-state index contributed by atoms with van der Waals surface area (Å²) in [7, 11) is 0. The molecule has 4 aromatic carbocycles. The van der Waals surface area contributed by atoms with Gasteiger partial charge in [0.2, 0.25) is 0 Å². The number of rotatable bonds is 8. The van der Waals surface area contributed by atoms with Crippen LogP contribution in [0.3, 0.4) is 0 Å². The van der Waals surface area contributed by atoms with Gasteiger partial charge in [0.15, 0.2) is 0 Å². The van der Waals surface area contributed by atoms with Crippen molar-refractivity contribution in [2.75, 3.05) is 0 Å². The second kappa shape index (κ2) is 8.96. The Morgan fingerprint density at radius 1 is 0.366 bits per heavy atom. The number of hydrogen-bond acceptors (Lipinski definition) is 8. The average Bonchev–Trinajstić information content (AvgIpc) is 3.80. The maximum absolute atomic E-state index is 10.8. The van der Waals surface area contributed by atoms with Gasteiger partial charge in [0.25, 0.3) is 0 Å². The van der Waals surface area contributed by atoms with Crippen molar-refractivity contribution < 1.29 is 20.4 Å². The lowest BCUT2D eigenvalue weighted by Gasteiger charge is -2.34. The Balaban J connectivity index is 1.25. The number of para-hydroxylation sites is 4. The van der Waals surface area contributed by atoms with Crippen LogP contribution in [0.25, 0.3) is 0 Å². The summed E-state index contributed by atoms with van der Waals surface area (Å²) in [6, 6.07) is 29.3. The van der Waals surface area contributed by atoms with Crippen LogP contribution in [0.15, 0.2) is 97.1 Å². The molecule has 8 rings (SSSR count). The average molecular weight is 549 g/mol. The first kappa shape index (κ1) is 24.7. The minimum Gasteiger partial charge on any atom is -0.508 e. The van der Waals surface area contributed by atoms with Crippen LogP contribution >= 0.6 is 0 Å². The van der Waals surface area contributed by atoms with E-state index < -0.39 is 5.41 Å². The molecule has 4 heterocycles. The summed E-state index contributed by atoms with van der Waals surface area (Å²) in [6.45, 7) is 0. The highest BCUT2D eigenvalue weighted by Gasteiger charge is 2.77. The number of aromatic hydroxyl groups is 4. The van der Waals surface area contributed by atoms with E-state index in [9.17, 15) is 20.4 Å². The Labute approximate surface area is 237 Å². The number of hydrogen-bond donors (Lipinski definition) is 8. The standard InChI is InChI=1S/C33H32N4O4/c38-21-13-5-1-9-17(21)25-29(34-25)33(30-26(35-30)18-10-2-6-14-22(18)39,31-27(36-31)19-11-3-7-15-23(19)40)32-28(37-32)20-12-4-8-16-24(20)41/h1-16,25-32,34-41H. The minimum atomic E-state index is -0.472. The Morgan fingerprint density at radius 3 is 0.805 bits per heavy atom. The molecule has 0 aliphatic carbocycles. The molecule has 4 saturated heterocycles. The van der Waals surface area contributed by atoms with E-state index in [4.69, 9.17) is 0 Å². The van der Waals surface area contributed by atoms with Gasteiger partial charge >= 0.3 is 0 Å². The summed E-state index contributed by atoms with van der Waals surface area (Å²) in [5, 5.41) is 58.0. The first-order valence-corrected chi connectivity index (χ1v) is 14.2. The van der Waals surface area contributed by atoms with E-state index in [1.54, 1.807) is 24.3 Å². The number of phenols is 4. The molecule has 0 saturated carbocycles. The third-order valence-electron chi connectivity index (χ3n) is 9.58. The monoisotopic (exact) mass is 548 g/mol. The molecule has 0 spiro atoms. The Bertz CT molecular complexity index is 1400. The van der Waals surface area contributed by atoms with Crippen LogP contribution in [0.4, 0.5) is 0 Å². The molecule has 8 heteroatoms. The van der Waals surface area contributed by atoms with E-state index in [0.29, 0.717) is 0 Å². The third kappa shape index (κ3) is 3.83. The molecule has 4 aromatic rings. The highest BCUT2D eigenvalue weighted by atomic mass is 16.3. The summed E-state index contributed by atoms with van der Waals surface area (Å²) in [5.41, 5.74) is 2.92. The number of benzene rings is 4. The Morgan fingerprint density at radius 2 is 0.585 bits per heavy atom. The topological polar surface area (TPSA) is 169 Å². The molecule has 4 aliphatic heterocycles. The predicted molar refractivity (Wildman–Crippen MR) is 154 cm³/mol. The van der Waals surface area contributed by atoms with E-state index in [-0.39, 0.29) is 71.3 Å². The van der Waals surface area contributed by atoms with E-state index in [2.05, 4.69) is 21.3 Å². The van der Waals surface area contributed by atoms with Gasteiger partial charge in [-0.2, -0.15) is 0 Å². The van der Waals surface area contributed by atoms with E-state index in [0.717, 1.165) is 22.3 Å². The molecule has 0 aromatic heterocycles. The van der Waals surface area contributed by atoms with Crippen molar-refractivity contribution in [3.05, 3.63) is 119 Å². The largest absolute Gasteiger partial charge is 0.508 e. The van der Waals surface area contributed by atoms with Gasteiger partial charge in [-0.15, -0.1) is 0 Å². The normalized spacial score (nSPS) is 32.6. The van der Waals surface area contributed by atoms with Crippen molar-refractivity contribution in [3.8, 4) is 23.0 Å². The molecule has 41 heavy (non-hydrogen) atoms. The summed E-state index contributed by atoms with van der Waals surface area (Å²) in [6.07, 6.45) is 0. The van der Waals surface area contributed by atoms with Gasteiger partial charge in [-0.05, 0) is 24.3 Å². The van der Waals surface area contributed by atoms with Gasteiger partial charge in [-0.3, -0.25) is 0 Å². The lowest BCUT2D eigenvalue weighted by Crippen LogP contribution is -2.49. The van der Waals surface area contributed by atoms with Gasteiger partial charge in [0.1, 0.15) is 23.0 Å². The molecule has 8 N–H and O–H groups in total. The van der Waals surface area contributed by atoms with Crippen molar-refractivity contribution in [2.24, 2.45) is 5.41 Å². The van der Waals surface area contributed by atoms with Crippen LogP contribution in [0.1, 0.15) is 46.4 Å². The van der Waals surface area contributed by atoms with Crippen LogP contribution in [-0.2, 0) is 0 Å². The van der Waals surface area contributed by atoms with Crippen molar-refractivity contribution in [2.45, 2.75) is 48.3 Å². The molecule has 4 fully saturated rings. The van der Waals surface area contributed by atoms with Crippen LogP contribution in [-0.4, -0.2) is 44.6 Å². The molecule has 8 atom stereocenters. The van der Waals surface area contributed by atoms with Crippen LogP contribution in [0, 0.1) is 5.41 Å². The first-order chi connectivity index (χ1) is 20.0. The maximum atomic E-state index is 10.8. The van der Waals surface area contributed by atoms with Gasteiger partial charge in [0, 0.05) is 51.8 Å². The molecule has 4 aliphatic rings. The number of phenolic OH excluding ortho intramolecular Hbond substituents is 4. The molecule has 0 bridgehead atoms. The van der Waals surface area contributed by atoms with E-state index in [1.165, 1.54) is 0 Å². The summed E-state index contributed by atoms with van der Waals surface area (Å²) < 4.78 is 0. The Kier molecular flexibility index (Phi) is 5.40. The highest BCUT2D eigenvalue weighted by molar-refractivity contribution is 5.51. The van der Waals surface area contributed by atoms with Crippen molar-refractivity contribution in [1.29, 1.82) is 0 Å². The second-order valence-corrected chi connectivity index (χ2v) is 11.7. The smallest absolute Gasteiger partial charge is 0.120 e. The van der Waals surface area contributed by atoms with Crippen LogP contribution < -0.4 is 21.3 Å². The van der Waals surface area contributed by atoms with Crippen molar-refractivity contribution >= 4 is 0 Å². The molecule has 0 amide bonds. The van der Waals surface area contributed by atoms with Crippen LogP contribution in [0.2, 0.25) is 0 Å². The maximum Gasteiger partial charge on any atom is 0.120 e. The zero-order chi connectivity index (χ0) is 27.9. The van der Waals surface area contributed by atoms with Crippen molar-refractivity contribution in [3.63, 3.8) is 0 Å². The van der Waals surface area contributed by atoms with E-state index >= 15 is 0 Å². The molecular formula is C33H32N4O4. The highest BCUT2D eigenvalue weighted by Crippen LogP contribution is 2.66. The zero-order valence-corrected chi connectivity index (χ0v) is 22.1. The predicted octanol–water partition coefficient (Wildman–Crippen LogP) is 3.65. The van der Waals surface area contributed by atoms with Gasteiger partial charge in [-0.1, -0.05) is 72.8 Å². The molecule has 208 valence electrons. The quantitative estimate of drug-likeness (QED) is 0.154.